The lowest BCUT2D eigenvalue weighted by Crippen LogP contribution is -2.45. The Morgan fingerprint density at radius 2 is 1.55 bits per heavy atom. The average Bonchev–Trinajstić information content (AvgIpc) is 2.79. The highest BCUT2D eigenvalue weighted by Crippen LogP contribution is 2.15. The molecule has 4 N–H and O–H groups in total. The molecule has 1 heterocycles. The smallest absolute Gasteiger partial charge is 0.319 e. The van der Waals surface area contributed by atoms with Crippen molar-refractivity contribution in [3.63, 3.8) is 0 Å². The molecular formula is C23H21ClN4O5. The molecule has 0 aliphatic rings. The Balaban J connectivity index is 1.67. The summed E-state index contributed by atoms with van der Waals surface area (Å²) < 4.78 is 1.45. The first-order valence-corrected chi connectivity index (χ1v) is 10.3. The number of hydrogen-bond donors (Lipinski definition) is 4. The number of hydrogen-bond acceptors (Lipinski definition) is 4. The number of carboxylic acids is 1. The van der Waals surface area contributed by atoms with E-state index in [4.69, 9.17) is 16.7 Å². The number of amides is 3. The fourth-order valence-corrected chi connectivity index (χ4v) is 3.10. The summed E-state index contributed by atoms with van der Waals surface area (Å²) in [4.78, 5) is 48.0. The van der Waals surface area contributed by atoms with E-state index in [1.54, 1.807) is 66.9 Å². The van der Waals surface area contributed by atoms with Crippen molar-refractivity contribution in [1.29, 1.82) is 0 Å². The van der Waals surface area contributed by atoms with E-state index in [0.717, 1.165) is 0 Å². The standard InChI is InChI=1S/C23H21ClN4O5/c24-15-4-6-17(7-5-15)26-23(33)27-19(12-13-21(30)31)22(32)25-16-8-10-18(11-9-16)28-14-2-1-3-20(28)29/h1-11,14,19H,12-13H2,(H,25,32)(H,30,31)(H2,26,27,33)/t19-/m0/s1. The molecule has 3 rings (SSSR count). The van der Waals surface area contributed by atoms with Gasteiger partial charge in [-0.1, -0.05) is 17.7 Å². The number of carboxylic acid groups (broad SMARTS) is 1. The number of benzene rings is 2. The molecule has 0 unspecified atom stereocenters. The number of carbonyl (C=O) groups excluding carboxylic acids is 2. The van der Waals surface area contributed by atoms with Crippen LogP contribution in [0.5, 0.6) is 0 Å². The van der Waals surface area contributed by atoms with Gasteiger partial charge in [0.1, 0.15) is 6.04 Å². The van der Waals surface area contributed by atoms with E-state index in [-0.39, 0.29) is 18.4 Å². The second-order valence-corrected chi connectivity index (χ2v) is 7.47. The van der Waals surface area contributed by atoms with Crippen LogP contribution in [0, 0.1) is 0 Å². The highest BCUT2D eigenvalue weighted by molar-refractivity contribution is 6.30. The lowest BCUT2D eigenvalue weighted by molar-refractivity contribution is -0.137. The molecule has 1 atom stereocenters. The molecule has 0 radical (unpaired) electrons. The Bertz CT molecular complexity index is 1190. The summed E-state index contributed by atoms with van der Waals surface area (Å²) in [6, 6.07) is 15.9. The van der Waals surface area contributed by atoms with E-state index >= 15 is 0 Å². The quantitative estimate of drug-likeness (QED) is 0.402. The number of nitrogens with one attached hydrogen (secondary N) is 3. The van der Waals surface area contributed by atoms with Gasteiger partial charge in [0.05, 0.1) is 0 Å². The van der Waals surface area contributed by atoms with Crippen molar-refractivity contribution in [2.75, 3.05) is 10.6 Å². The van der Waals surface area contributed by atoms with Gasteiger partial charge in [-0.2, -0.15) is 0 Å². The second-order valence-electron chi connectivity index (χ2n) is 7.04. The van der Waals surface area contributed by atoms with E-state index in [9.17, 15) is 19.2 Å². The van der Waals surface area contributed by atoms with Crippen LogP contribution in [0.25, 0.3) is 5.69 Å². The maximum atomic E-state index is 12.7. The summed E-state index contributed by atoms with van der Waals surface area (Å²) >= 11 is 5.82. The van der Waals surface area contributed by atoms with Gasteiger partial charge in [-0.25, -0.2) is 4.79 Å². The van der Waals surface area contributed by atoms with Crippen LogP contribution < -0.4 is 21.5 Å². The minimum Gasteiger partial charge on any atom is -0.481 e. The molecule has 3 aromatic rings. The maximum absolute atomic E-state index is 12.7. The number of anilines is 2. The Kier molecular flexibility index (Phi) is 7.82. The molecule has 3 amide bonds. The Morgan fingerprint density at radius 1 is 0.909 bits per heavy atom. The van der Waals surface area contributed by atoms with E-state index < -0.39 is 23.9 Å². The summed E-state index contributed by atoms with van der Waals surface area (Å²) in [6.07, 6.45) is 1.21. The number of urea groups is 1. The molecule has 33 heavy (non-hydrogen) atoms. The fraction of sp³-hybridized carbons (Fsp3) is 0.130. The monoisotopic (exact) mass is 468 g/mol. The first-order valence-electron chi connectivity index (χ1n) is 9.96. The number of halogens is 1. The van der Waals surface area contributed by atoms with Gasteiger partial charge in [-0.3, -0.25) is 19.0 Å². The number of nitrogens with zero attached hydrogens (tertiary/aromatic N) is 1. The van der Waals surface area contributed by atoms with Gasteiger partial charge in [-0.05, 0) is 61.0 Å². The summed E-state index contributed by atoms with van der Waals surface area (Å²) in [6.45, 7) is 0. The molecule has 2 aromatic carbocycles. The van der Waals surface area contributed by atoms with Crippen molar-refractivity contribution in [2.45, 2.75) is 18.9 Å². The van der Waals surface area contributed by atoms with Crippen LogP contribution in [-0.4, -0.2) is 33.6 Å². The van der Waals surface area contributed by atoms with Crippen LogP contribution in [0.2, 0.25) is 5.02 Å². The van der Waals surface area contributed by atoms with E-state index in [1.165, 1.54) is 10.6 Å². The third-order valence-electron chi connectivity index (χ3n) is 4.61. The molecule has 10 heteroatoms. The van der Waals surface area contributed by atoms with Crippen molar-refractivity contribution in [1.82, 2.24) is 9.88 Å². The van der Waals surface area contributed by atoms with Gasteiger partial charge in [-0.15, -0.1) is 0 Å². The highest BCUT2D eigenvalue weighted by atomic mass is 35.5. The number of aliphatic carboxylic acids is 1. The molecule has 0 aliphatic heterocycles. The first-order chi connectivity index (χ1) is 15.8. The summed E-state index contributed by atoms with van der Waals surface area (Å²) in [7, 11) is 0. The zero-order valence-electron chi connectivity index (χ0n) is 17.3. The van der Waals surface area contributed by atoms with Crippen molar-refractivity contribution >= 4 is 40.9 Å². The highest BCUT2D eigenvalue weighted by Gasteiger charge is 2.22. The van der Waals surface area contributed by atoms with Gasteiger partial charge in [0.2, 0.25) is 5.91 Å². The van der Waals surface area contributed by atoms with Crippen molar-refractivity contribution in [3.8, 4) is 5.69 Å². The van der Waals surface area contributed by atoms with Gasteiger partial charge < -0.3 is 21.1 Å². The molecule has 0 saturated carbocycles. The van der Waals surface area contributed by atoms with Crippen LogP contribution in [-0.2, 0) is 9.59 Å². The van der Waals surface area contributed by atoms with Crippen molar-refractivity contribution < 1.29 is 19.5 Å². The summed E-state index contributed by atoms with van der Waals surface area (Å²) in [5, 5.41) is 17.2. The Labute approximate surface area is 194 Å². The Morgan fingerprint density at radius 3 is 2.18 bits per heavy atom. The average molecular weight is 469 g/mol. The molecule has 0 fully saturated rings. The van der Waals surface area contributed by atoms with Crippen LogP contribution in [0.1, 0.15) is 12.8 Å². The summed E-state index contributed by atoms with van der Waals surface area (Å²) in [5.41, 5.74) is 1.30. The molecule has 9 nitrogen and oxygen atoms in total. The number of aromatic nitrogens is 1. The van der Waals surface area contributed by atoms with Gasteiger partial charge in [0, 0.05) is 40.8 Å². The van der Waals surface area contributed by atoms with E-state index in [1.807, 2.05) is 0 Å². The van der Waals surface area contributed by atoms with Gasteiger partial charge in [0.25, 0.3) is 5.56 Å². The minimum absolute atomic E-state index is 0.104. The molecule has 0 saturated heterocycles. The zero-order valence-corrected chi connectivity index (χ0v) is 18.1. The molecule has 0 aliphatic carbocycles. The van der Waals surface area contributed by atoms with E-state index in [0.29, 0.717) is 22.1 Å². The van der Waals surface area contributed by atoms with Crippen molar-refractivity contribution in [2.24, 2.45) is 0 Å². The predicted molar refractivity (Wildman–Crippen MR) is 125 cm³/mol. The topological polar surface area (TPSA) is 130 Å². The molecule has 170 valence electrons. The lowest BCUT2D eigenvalue weighted by Gasteiger charge is -2.18. The fourth-order valence-electron chi connectivity index (χ4n) is 2.97. The molecule has 0 spiro atoms. The largest absolute Gasteiger partial charge is 0.481 e. The third-order valence-corrected chi connectivity index (χ3v) is 4.86. The summed E-state index contributed by atoms with van der Waals surface area (Å²) in [5.74, 6) is -1.67. The molecule has 1 aromatic heterocycles. The van der Waals surface area contributed by atoms with Gasteiger partial charge >= 0.3 is 12.0 Å². The van der Waals surface area contributed by atoms with E-state index in [2.05, 4.69) is 16.0 Å². The predicted octanol–water partition coefficient (Wildman–Crippen LogP) is 3.48. The van der Waals surface area contributed by atoms with Crippen LogP contribution in [0.3, 0.4) is 0 Å². The second kappa shape index (κ2) is 11.0. The van der Waals surface area contributed by atoms with Crippen LogP contribution >= 0.6 is 11.6 Å². The maximum Gasteiger partial charge on any atom is 0.319 e. The van der Waals surface area contributed by atoms with Gasteiger partial charge in [0.15, 0.2) is 0 Å². The van der Waals surface area contributed by atoms with Crippen LogP contribution in [0.4, 0.5) is 16.2 Å². The van der Waals surface area contributed by atoms with Crippen molar-refractivity contribution in [3.05, 3.63) is 88.3 Å². The first kappa shape index (κ1) is 23.6. The Hall–Kier alpha value is -4.11. The normalized spacial score (nSPS) is 11.3. The lowest BCUT2D eigenvalue weighted by atomic mass is 10.1. The SMILES string of the molecule is O=C(O)CC[C@H](NC(=O)Nc1ccc(Cl)cc1)C(=O)Nc1ccc(-n2ccccc2=O)cc1. The third kappa shape index (κ3) is 6.94. The number of carbonyl (C=O) groups is 3. The molecular weight excluding hydrogens is 448 g/mol. The minimum atomic E-state index is -1.09. The number of pyridine rings is 1. The zero-order chi connectivity index (χ0) is 23.8. The molecule has 0 bridgehead atoms. The van der Waals surface area contributed by atoms with Crippen LogP contribution in [0.15, 0.2) is 77.7 Å². The number of rotatable bonds is 8.